The van der Waals surface area contributed by atoms with E-state index < -0.39 is 4.92 Å². The van der Waals surface area contributed by atoms with Crippen LogP contribution in [0.25, 0.3) is 0 Å². The molecule has 0 radical (unpaired) electrons. The maximum absolute atomic E-state index is 11.2. The first kappa shape index (κ1) is 18.3. The van der Waals surface area contributed by atoms with Crippen molar-refractivity contribution in [3.8, 4) is 0 Å². The Morgan fingerprint density at radius 2 is 1.75 bits per heavy atom. The van der Waals surface area contributed by atoms with Crippen molar-refractivity contribution in [3.05, 3.63) is 69.3 Å². The Bertz CT molecular complexity index is 738. The van der Waals surface area contributed by atoms with Gasteiger partial charge in [0.15, 0.2) is 0 Å². The van der Waals surface area contributed by atoms with E-state index in [9.17, 15) is 20.3 Å². The Hall–Kier alpha value is -2.00. The second-order valence-electron chi connectivity index (χ2n) is 4.89. The summed E-state index contributed by atoms with van der Waals surface area (Å²) in [6, 6.07) is 12.2. The molecule has 6 nitrogen and oxygen atoms in total. The minimum atomic E-state index is -0.496. The average Bonchev–Trinajstić information content (AvgIpc) is 2.59. The minimum absolute atomic E-state index is 0.0914. The summed E-state index contributed by atoms with van der Waals surface area (Å²) in [7, 11) is 0. The van der Waals surface area contributed by atoms with Gasteiger partial charge in [0.05, 0.1) is 18.1 Å². The van der Waals surface area contributed by atoms with Crippen molar-refractivity contribution in [2.45, 2.75) is 19.0 Å². The molecular formula is C16H16N2O4S2. The van der Waals surface area contributed by atoms with E-state index in [1.54, 1.807) is 6.07 Å². The summed E-state index contributed by atoms with van der Waals surface area (Å²) in [5, 5.41) is 32.9. The van der Waals surface area contributed by atoms with Gasteiger partial charge in [-0.3, -0.25) is 10.1 Å². The number of hydrogen-bond donors (Lipinski definition) is 3. The van der Waals surface area contributed by atoms with Gasteiger partial charge in [-0.05, 0) is 29.3 Å². The first-order valence-electron chi connectivity index (χ1n) is 7.04. The predicted molar refractivity (Wildman–Crippen MR) is 98.9 cm³/mol. The molecule has 24 heavy (non-hydrogen) atoms. The highest BCUT2D eigenvalue weighted by atomic mass is 32.2. The predicted octanol–water partition coefficient (Wildman–Crippen LogP) is 3.21. The SMILES string of the molecule is O=[N+]([O-])c1cc(CO)c(CO)cc1CSC(=S)Nc1ccccc1. The van der Waals surface area contributed by atoms with Gasteiger partial charge in [0.2, 0.25) is 0 Å². The van der Waals surface area contributed by atoms with Crippen LogP contribution in [0.1, 0.15) is 16.7 Å². The number of aliphatic hydroxyl groups excluding tert-OH is 2. The number of nitro groups is 1. The number of aliphatic hydroxyl groups is 2. The van der Waals surface area contributed by atoms with Crippen molar-refractivity contribution in [1.82, 2.24) is 0 Å². The molecule has 0 aromatic heterocycles. The van der Waals surface area contributed by atoms with Crippen LogP contribution in [0.2, 0.25) is 0 Å². The number of thiocarbonyl (C=S) groups is 1. The number of nitro benzene ring substituents is 1. The minimum Gasteiger partial charge on any atom is -0.392 e. The molecule has 0 saturated heterocycles. The third kappa shape index (κ3) is 4.75. The summed E-state index contributed by atoms with van der Waals surface area (Å²) in [5.74, 6) is 0.285. The molecule has 8 heteroatoms. The molecule has 0 saturated carbocycles. The lowest BCUT2D eigenvalue weighted by atomic mass is 10.0. The molecule has 2 aromatic carbocycles. The van der Waals surface area contributed by atoms with Crippen molar-refractivity contribution in [3.63, 3.8) is 0 Å². The highest BCUT2D eigenvalue weighted by molar-refractivity contribution is 8.22. The summed E-state index contributed by atoms with van der Waals surface area (Å²) < 4.78 is 0.493. The number of hydrogen-bond acceptors (Lipinski definition) is 6. The van der Waals surface area contributed by atoms with Crippen LogP contribution in [0.3, 0.4) is 0 Å². The monoisotopic (exact) mass is 364 g/mol. The molecule has 0 aliphatic carbocycles. The van der Waals surface area contributed by atoms with E-state index in [0.717, 1.165) is 5.69 Å². The second kappa shape index (κ2) is 8.74. The standard InChI is InChI=1S/C16H16N2O4S2/c19-8-11-6-13(15(18(21)22)7-12(11)9-20)10-24-16(23)17-14-4-2-1-3-5-14/h1-7,19-20H,8-10H2,(H,17,23). The van der Waals surface area contributed by atoms with Crippen LogP contribution < -0.4 is 5.32 Å². The fourth-order valence-electron chi connectivity index (χ4n) is 2.13. The van der Waals surface area contributed by atoms with E-state index in [1.165, 1.54) is 17.8 Å². The van der Waals surface area contributed by atoms with Crippen molar-refractivity contribution in [1.29, 1.82) is 0 Å². The summed E-state index contributed by atoms with van der Waals surface area (Å²) in [5.41, 5.74) is 2.02. The Morgan fingerprint density at radius 1 is 1.12 bits per heavy atom. The highest BCUT2D eigenvalue weighted by Gasteiger charge is 2.18. The van der Waals surface area contributed by atoms with Crippen LogP contribution in [0.15, 0.2) is 42.5 Å². The maximum Gasteiger partial charge on any atom is 0.273 e. The Balaban J connectivity index is 2.13. The number of rotatable bonds is 6. The number of thioether (sulfide) groups is 1. The molecule has 126 valence electrons. The van der Waals surface area contributed by atoms with Gasteiger partial charge in [-0.1, -0.05) is 42.2 Å². The maximum atomic E-state index is 11.2. The van der Waals surface area contributed by atoms with E-state index >= 15 is 0 Å². The lowest BCUT2D eigenvalue weighted by molar-refractivity contribution is -0.385. The molecule has 2 aromatic rings. The third-order valence-electron chi connectivity index (χ3n) is 3.32. The molecule has 0 aliphatic heterocycles. The summed E-state index contributed by atoms with van der Waals surface area (Å²) >= 11 is 6.51. The molecule has 2 rings (SSSR count). The van der Waals surface area contributed by atoms with Crippen molar-refractivity contribution >= 4 is 39.7 Å². The molecular weight excluding hydrogens is 348 g/mol. The van der Waals surface area contributed by atoms with Crippen molar-refractivity contribution < 1.29 is 15.1 Å². The van der Waals surface area contributed by atoms with E-state index in [2.05, 4.69) is 5.32 Å². The molecule has 0 spiro atoms. The Labute approximate surface area is 148 Å². The zero-order valence-corrected chi connectivity index (χ0v) is 14.3. The van der Waals surface area contributed by atoms with Gasteiger partial charge < -0.3 is 15.5 Å². The van der Waals surface area contributed by atoms with Crippen molar-refractivity contribution in [2.75, 3.05) is 5.32 Å². The van der Waals surface area contributed by atoms with Crippen LogP contribution in [-0.4, -0.2) is 19.5 Å². The lowest BCUT2D eigenvalue weighted by Crippen LogP contribution is -2.06. The van der Waals surface area contributed by atoms with Crippen LogP contribution in [0.4, 0.5) is 11.4 Å². The Kier molecular flexibility index (Phi) is 6.68. The molecule has 0 aliphatic rings. The molecule has 0 unspecified atom stereocenters. The first-order valence-corrected chi connectivity index (χ1v) is 8.44. The molecule has 3 N–H and O–H groups in total. The van der Waals surface area contributed by atoms with Gasteiger partial charge in [-0.2, -0.15) is 0 Å². The van der Waals surface area contributed by atoms with Crippen LogP contribution in [0, 0.1) is 10.1 Å². The highest BCUT2D eigenvalue weighted by Crippen LogP contribution is 2.28. The van der Waals surface area contributed by atoms with Gasteiger partial charge in [0, 0.05) is 23.1 Å². The second-order valence-corrected chi connectivity index (χ2v) is 6.54. The number of nitrogens with one attached hydrogen (secondary N) is 1. The lowest BCUT2D eigenvalue weighted by Gasteiger charge is -2.11. The summed E-state index contributed by atoms with van der Waals surface area (Å²) in [4.78, 5) is 10.7. The summed E-state index contributed by atoms with van der Waals surface area (Å²) in [6.07, 6.45) is 0. The van der Waals surface area contributed by atoms with Crippen LogP contribution >= 0.6 is 24.0 Å². The number of nitrogens with zero attached hydrogens (tertiary/aromatic N) is 1. The van der Waals surface area contributed by atoms with Crippen LogP contribution in [0.5, 0.6) is 0 Å². The zero-order chi connectivity index (χ0) is 17.5. The largest absolute Gasteiger partial charge is 0.392 e. The van der Waals surface area contributed by atoms with E-state index in [0.29, 0.717) is 21.0 Å². The number of para-hydroxylation sites is 1. The summed E-state index contributed by atoms with van der Waals surface area (Å²) in [6.45, 7) is -0.656. The molecule has 0 fully saturated rings. The fourth-order valence-corrected chi connectivity index (χ4v) is 3.13. The molecule has 0 heterocycles. The first-order chi connectivity index (χ1) is 11.5. The number of benzene rings is 2. The van der Waals surface area contributed by atoms with Gasteiger partial charge in [-0.15, -0.1) is 0 Å². The third-order valence-corrected chi connectivity index (χ3v) is 4.59. The topological polar surface area (TPSA) is 95.6 Å². The van der Waals surface area contributed by atoms with E-state index in [4.69, 9.17) is 12.2 Å². The normalized spacial score (nSPS) is 10.4. The van der Waals surface area contributed by atoms with Gasteiger partial charge >= 0.3 is 0 Å². The van der Waals surface area contributed by atoms with Gasteiger partial charge in [-0.25, -0.2) is 0 Å². The zero-order valence-electron chi connectivity index (χ0n) is 12.6. The van der Waals surface area contributed by atoms with Crippen molar-refractivity contribution in [2.24, 2.45) is 0 Å². The van der Waals surface area contributed by atoms with Crippen LogP contribution in [-0.2, 0) is 19.0 Å². The van der Waals surface area contributed by atoms with E-state index in [-0.39, 0.29) is 24.7 Å². The molecule has 0 atom stereocenters. The van der Waals surface area contributed by atoms with E-state index in [1.807, 2.05) is 30.3 Å². The Morgan fingerprint density at radius 3 is 2.33 bits per heavy atom. The quantitative estimate of drug-likeness (QED) is 0.411. The van der Waals surface area contributed by atoms with Gasteiger partial charge in [0.25, 0.3) is 5.69 Å². The number of anilines is 1. The molecule has 0 amide bonds. The van der Waals surface area contributed by atoms with Gasteiger partial charge in [0.1, 0.15) is 4.32 Å². The smallest absolute Gasteiger partial charge is 0.273 e. The molecule has 0 bridgehead atoms. The average molecular weight is 364 g/mol. The fraction of sp³-hybridized carbons (Fsp3) is 0.188.